The first-order valence-electron chi connectivity index (χ1n) is 5.65. The molecular weight excluding hydrogens is 206 g/mol. The summed E-state index contributed by atoms with van der Waals surface area (Å²) in [5.74, 6) is -0.221. The Morgan fingerprint density at radius 1 is 1.25 bits per heavy atom. The maximum atomic E-state index is 11.5. The minimum Gasteiger partial charge on any atom is -0.469 e. The molecule has 4 nitrogen and oxygen atoms in total. The Balaban J connectivity index is 4.48. The Morgan fingerprint density at radius 2 is 1.75 bits per heavy atom. The molecule has 0 radical (unpaired) electrons. The summed E-state index contributed by atoms with van der Waals surface area (Å²) in [6.07, 6.45) is 0. The van der Waals surface area contributed by atoms with E-state index in [9.17, 15) is 9.90 Å². The van der Waals surface area contributed by atoms with E-state index in [-0.39, 0.29) is 5.97 Å². The van der Waals surface area contributed by atoms with Crippen LogP contribution < -0.4 is 0 Å². The minimum atomic E-state index is -0.748. The van der Waals surface area contributed by atoms with E-state index in [0.717, 1.165) is 6.54 Å². The van der Waals surface area contributed by atoms with E-state index in [1.165, 1.54) is 7.11 Å². The third kappa shape index (κ3) is 5.47. The molecule has 16 heavy (non-hydrogen) atoms. The van der Waals surface area contributed by atoms with Crippen LogP contribution in [0.1, 0.15) is 34.6 Å². The van der Waals surface area contributed by atoms with Crippen molar-refractivity contribution in [3.8, 4) is 0 Å². The van der Waals surface area contributed by atoms with E-state index < -0.39 is 11.0 Å². The van der Waals surface area contributed by atoms with Gasteiger partial charge in [0.2, 0.25) is 0 Å². The summed E-state index contributed by atoms with van der Waals surface area (Å²) < 4.78 is 4.76. The molecular formula is C12H25NO3. The van der Waals surface area contributed by atoms with E-state index in [0.29, 0.717) is 13.1 Å². The first-order chi connectivity index (χ1) is 7.12. The van der Waals surface area contributed by atoms with Crippen molar-refractivity contribution in [2.75, 3.05) is 26.7 Å². The van der Waals surface area contributed by atoms with Crippen molar-refractivity contribution in [2.24, 2.45) is 5.41 Å². The largest absolute Gasteiger partial charge is 0.469 e. The van der Waals surface area contributed by atoms with Gasteiger partial charge in [-0.3, -0.25) is 9.69 Å². The molecule has 0 fully saturated rings. The zero-order valence-corrected chi connectivity index (χ0v) is 11.3. The molecule has 4 heteroatoms. The average molecular weight is 231 g/mol. The maximum Gasteiger partial charge on any atom is 0.312 e. The SMILES string of the molecule is CCN(CC(C)(C)O)CC(C)(C)C(=O)OC. The van der Waals surface area contributed by atoms with Crippen LogP contribution in [0.5, 0.6) is 0 Å². The number of aliphatic hydroxyl groups is 1. The topological polar surface area (TPSA) is 49.8 Å². The molecule has 0 bridgehead atoms. The van der Waals surface area contributed by atoms with Crippen molar-refractivity contribution in [3.63, 3.8) is 0 Å². The van der Waals surface area contributed by atoms with Crippen LogP contribution in [0.4, 0.5) is 0 Å². The third-order valence-electron chi connectivity index (χ3n) is 2.41. The second kappa shape index (κ2) is 5.64. The number of hydrogen-bond acceptors (Lipinski definition) is 4. The number of methoxy groups -OCH3 is 1. The molecule has 0 aliphatic carbocycles. The van der Waals surface area contributed by atoms with E-state index in [1.807, 2.05) is 20.8 Å². The van der Waals surface area contributed by atoms with Crippen molar-refractivity contribution in [2.45, 2.75) is 40.2 Å². The fourth-order valence-electron chi connectivity index (χ4n) is 1.73. The fourth-order valence-corrected chi connectivity index (χ4v) is 1.73. The summed E-state index contributed by atoms with van der Waals surface area (Å²) in [6.45, 7) is 11.2. The van der Waals surface area contributed by atoms with Crippen LogP contribution in [0, 0.1) is 5.41 Å². The summed E-state index contributed by atoms with van der Waals surface area (Å²) in [5.41, 5.74) is -1.29. The summed E-state index contributed by atoms with van der Waals surface area (Å²) in [7, 11) is 1.40. The molecule has 0 aromatic heterocycles. The lowest BCUT2D eigenvalue weighted by Crippen LogP contribution is -2.45. The number of hydrogen-bond donors (Lipinski definition) is 1. The van der Waals surface area contributed by atoms with Crippen LogP contribution in [0.25, 0.3) is 0 Å². The summed E-state index contributed by atoms with van der Waals surface area (Å²) in [6, 6.07) is 0. The van der Waals surface area contributed by atoms with Gasteiger partial charge in [0, 0.05) is 13.1 Å². The van der Waals surface area contributed by atoms with Crippen LogP contribution in [-0.2, 0) is 9.53 Å². The Bertz CT molecular complexity index is 231. The smallest absolute Gasteiger partial charge is 0.312 e. The maximum absolute atomic E-state index is 11.5. The van der Waals surface area contributed by atoms with Gasteiger partial charge in [0.1, 0.15) is 0 Å². The predicted octanol–water partition coefficient (Wildman–Crippen LogP) is 1.28. The van der Waals surface area contributed by atoms with Gasteiger partial charge in [-0.2, -0.15) is 0 Å². The highest BCUT2D eigenvalue weighted by Crippen LogP contribution is 2.20. The first-order valence-corrected chi connectivity index (χ1v) is 5.65. The normalized spacial score (nSPS) is 13.0. The Labute approximate surface area is 98.6 Å². The van der Waals surface area contributed by atoms with Gasteiger partial charge in [-0.1, -0.05) is 6.92 Å². The average Bonchev–Trinajstić information content (AvgIpc) is 2.12. The summed E-state index contributed by atoms with van der Waals surface area (Å²) in [4.78, 5) is 13.6. The number of nitrogens with zero attached hydrogens (tertiary/aromatic N) is 1. The lowest BCUT2D eigenvalue weighted by Gasteiger charge is -2.33. The number of rotatable bonds is 6. The summed E-state index contributed by atoms with van der Waals surface area (Å²) in [5, 5.41) is 9.75. The number of esters is 1. The van der Waals surface area contributed by atoms with E-state index in [2.05, 4.69) is 4.90 Å². The molecule has 0 saturated heterocycles. The number of ether oxygens (including phenoxy) is 1. The molecule has 0 saturated carbocycles. The molecule has 0 atom stereocenters. The predicted molar refractivity (Wildman–Crippen MR) is 64.2 cm³/mol. The van der Waals surface area contributed by atoms with Gasteiger partial charge in [0.15, 0.2) is 0 Å². The number of carbonyl (C=O) groups excluding carboxylic acids is 1. The van der Waals surface area contributed by atoms with Crippen LogP contribution in [-0.4, -0.2) is 48.3 Å². The van der Waals surface area contributed by atoms with Gasteiger partial charge >= 0.3 is 5.97 Å². The van der Waals surface area contributed by atoms with Gasteiger partial charge in [0.05, 0.1) is 18.1 Å². The second-order valence-electron chi connectivity index (χ2n) is 5.49. The Kier molecular flexibility index (Phi) is 5.42. The van der Waals surface area contributed by atoms with Crippen LogP contribution >= 0.6 is 0 Å². The van der Waals surface area contributed by atoms with Crippen LogP contribution in [0.15, 0.2) is 0 Å². The molecule has 0 aromatic rings. The lowest BCUT2D eigenvalue weighted by molar-refractivity contribution is -0.152. The van der Waals surface area contributed by atoms with Crippen molar-refractivity contribution in [1.29, 1.82) is 0 Å². The highest BCUT2D eigenvalue weighted by Gasteiger charge is 2.32. The van der Waals surface area contributed by atoms with Crippen LogP contribution in [0.2, 0.25) is 0 Å². The van der Waals surface area contributed by atoms with Crippen molar-refractivity contribution in [3.05, 3.63) is 0 Å². The summed E-state index contributed by atoms with van der Waals surface area (Å²) >= 11 is 0. The lowest BCUT2D eigenvalue weighted by atomic mass is 9.92. The van der Waals surface area contributed by atoms with Gasteiger partial charge < -0.3 is 9.84 Å². The van der Waals surface area contributed by atoms with Gasteiger partial charge in [0.25, 0.3) is 0 Å². The molecule has 1 N–H and O–H groups in total. The second-order valence-corrected chi connectivity index (χ2v) is 5.49. The van der Waals surface area contributed by atoms with E-state index >= 15 is 0 Å². The fraction of sp³-hybridized carbons (Fsp3) is 0.917. The quantitative estimate of drug-likeness (QED) is 0.700. The molecule has 0 aliphatic heterocycles. The van der Waals surface area contributed by atoms with Gasteiger partial charge in [-0.25, -0.2) is 0 Å². The molecule has 0 unspecified atom stereocenters. The number of carbonyl (C=O) groups is 1. The number of likely N-dealkylation sites (N-methyl/N-ethyl adjacent to an activating group) is 1. The minimum absolute atomic E-state index is 0.221. The first kappa shape index (κ1) is 15.4. The monoisotopic (exact) mass is 231 g/mol. The van der Waals surface area contributed by atoms with Crippen molar-refractivity contribution < 1.29 is 14.6 Å². The van der Waals surface area contributed by atoms with Crippen LogP contribution in [0.3, 0.4) is 0 Å². The third-order valence-corrected chi connectivity index (χ3v) is 2.41. The molecule has 0 aromatic carbocycles. The highest BCUT2D eigenvalue weighted by molar-refractivity contribution is 5.76. The van der Waals surface area contributed by atoms with Crippen molar-refractivity contribution >= 4 is 5.97 Å². The molecule has 96 valence electrons. The van der Waals surface area contributed by atoms with Crippen molar-refractivity contribution in [1.82, 2.24) is 4.90 Å². The molecule has 0 aliphatic rings. The molecule has 0 spiro atoms. The zero-order valence-electron chi connectivity index (χ0n) is 11.3. The van der Waals surface area contributed by atoms with E-state index in [1.54, 1.807) is 13.8 Å². The van der Waals surface area contributed by atoms with Gasteiger partial charge in [-0.05, 0) is 34.2 Å². The van der Waals surface area contributed by atoms with Gasteiger partial charge in [-0.15, -0.1) is 0 Å². The molecule has 0 heterocycles. The molecule has 0 amide bonds. The zero-order chi connectivity index (χ0) is 13.0. The standard InChI is InChI=1S/C12H25NO3/c1-7-13(9-12(4,5)15)8-11(2,3)10(14)16-6/h15H,7-9H2,1-6H3. The van der Waals surface area contributed by atoms with E-state index in [4.69, 9.17) is 4.74 Å². The molecule has 0 rings (SSSR count). The Hall–Kier alpha value is -0.610. The highest BCUT2D eigenvalue weighted by atomic mass is 16.5. The Morgan fingerprint density at radius 3 is 2.06 bits per heavy atom.